The summed E-state index contributed by atoms with van der Waals surface area (Å²) in [5.74, 6) is -4.17. The van der Waals surface area contributed by atoms with Gasteiger partial charge in [0, 0.05) is 29.7 Å². The molecule has 3 heterocycles. The number of hydrogen-bond donors (Lipinski definition) is 0. The van der Waals surface area contributed by atoms with E-state index in [0.717, 1.165) is 4.90 Å². The first-order valence-corrected chi connectivity index (χ1v) is 8.96. The zero-order valence-corrected chi connectivity index (χ0v) is 15.8. The van der Waals surface area contributed by atoms with Gasteiger partial charge in [0.05, 0.1) is 12.2 Å². The highest BCUT2D eigenvalue weighted by Crippen LogP contribution is 2.38. The van der Waals surface area contributed by atoms with Crippen molar-refractivity contribution in [3.8, 4) is 11.1 Å². The highest BCUT2D eigenvalue weighted by atomic mass is 19.4. The topological polar surface area (TPSA) is 51.0 Å². The molecule has 0 unspecified atom stereocenters. The first-order valence-electron chi connectivity index (χ1n) is 8.96. The number of anilines is 1. The molecule has 1 aromatic carbocycles. The summed E-state index contributed by atoms with van der Waals surface area (Å²) in [5.41, 5.74) is -0.209. The number of fused-ring (bicyclic) bond motifs is 1. The summed E-state index contributed by atoms with van der Waals surface area (Å²) >= 11 is 0. The van der Waals surface area contributed by atoms with Crippen LogP contribution in [0, 0.1) is 18.6 Å². The molecule has 0 aliphatic carbocycles. The van der Waals surface area contributed by atoms with E-state index in [1.54, 1.807) is 32.2 Å². The SMILES string of the molecule is Cc1cc(-c2cnn3c2C(=O)N(c2cc(F)c(C(F)(F)F)c(F)c2)C[C@@H]3C)ccn1. The van der Waals surface area contributed by atoms with Crippen LogP contribution in [-0.4, -0.2) is 27.2 Å². The van der Waals surface area contributed by atoms with Crippen molar-refractivity contribution in [1.29, 1.82) is 0 Å². The Bertz CT molecular complexity index is 1130. The molecule has 156 valence electrons. The van der Waals surface area contributed by atoms with Gasteiger partial charge in [0.2, 0.25) is 0 Å². The Balaban J connectivity index is 1.81. The number of halogens is 5. The van der Waals surface area contributed by atoms with E-state index in [1.165, 1.54) is 10.9 Å². The average molecular weight is 422 g/mol. The molecule has 1 atom stereocenters. The fourth-order valence-corrected chi connectivity index (χ4v) is 3.60. The van der Waals surface area contributed by atoms with E-state index in [1.807, 2.05) is 0 Å². The van der Waals surface area contributed by atoms with Gasteiger partial charge in [-0.3, -0.25) is 14.5 Å². The van der Waals surface area contributed by atoms with E-state index < -0.39 is 29.3 Å². The first-order chi connectivity index (χ1) is 14.1. The molecule has 0 saturated carbocycles. The van der Waals surface area contributed by atoms with Crippen molar-refractivity contribution in [3.05, 3.63) is 65.2 Å². The van der Waals surface area contributed by atoms with Crippen LogP contribution in [0.2, 0.25) is 0 Å². The molecule has 10 heteroatoms. The van der Waals surface area contributed by atoms with Crippen molar-refractivity contribution in [2.45, 2.75) is 26.1 Å². The highest BCUT2D eigenvalue weighted by Gasteiger charge is 2.40. The van der Waals surface area contributed by atoms with Gasteiger partial charge in [0.1, 0.15) is 22.9 Å². The predicted octanol–water partition coefficient (Wildman–Crippen LogP) is 4.77. The molecule has 3 aromatic rings. The number of aromatic nitrogens is 3. The molecule has 0 N–H and O–H groups in total. The Morgan fingerprint density at radius 3 is 2.40 bits per heavy atom. The van der Waals surface area contributed by atoms with Crippen molar-refractivity contribution >= 4 is 11.6 Å². The summed E-state index contributed by atoms with van der Waals surface area (Å²) in [5, 5.41) is 4.26. The van der Waals surface area contributed by atoms with Crippen LogP contribution in [0.5, 0.6) is 0 Å². The van der Waals surface area contributed by atoms with Crippen molar-refractivity contribution in [2.24, 2.45) is 0 Å². The fourth-order valence-electron chi connectivity index (χ4n) is 3.60. The Morgan fingerprint density at radius 2 is 1.80 bits per heavy atom. The number of alkyl halides is 3. The largest absolute Gasteiger partial charge is 0.422 e. The molecule has 2 aromatic heterocycles. The third kappa shape index (κ3) is 3.21. The van der Waals surface area contributed by atoms with Crippen molar-refractivity contribution in [2.75, 3.05) is 11.4 Å². The Labute approximate surface area is 167 Å². The Kier molecular flexibility index (Phi) is 4.59. The van der Waals surface area contributed by atoms with Crippen molar-refractivity contribution in [1.82, 2.24) is 14.8 Å². The second-order valence-electron chi connectivity index (χ2n) is 7.08. The molecule has 30 heavy (non-hydrogen) atoms. The van der Waals surface area contributed by atoms with Crippen LogP contribution in [0.25, 0.3) is 11.1 Å². The van der Waals surface area contributed by atoms with E-state index >= 15 is 0 Å². The number of nitrogens with zero attached hydrogens (tertiary/aromatic N) is 4. The van der Waals surface area contributed by atoms with E-state index in [4.69, 9.17) is 0 Å². The van der Waals surface area contributed by atoms with Crippen LogP contribution in [0.15, 0.2) is 36.7 Å². The lowest BCUT2D eigenvalue weighted by Crippen LogP contribution is -2.43. The van der Waals surface area contributed by atoms with Gasteiger partial charge < -0.3 is 4.90 Å². The van der Waals surface area contributed by atoms with E-state index in [0.29, 0.717) is 29.0 Å². The summed E-state index contributed by atoms with van der Waals surface area (Å²) in [6, 6.07) is 4.13. The van der Waals surface area contributed by atoms with Gasteiger partial charge in [-0.2, -0.15) is 18.3 Å². The zero-order valence-electron chi connectivity index (χ0n) is 15.8. The quantitative estimate of drug-likeness (QED) is 0.559. The van der Waals surface area contributed by atoms with Gasteiger partial charge in [-0.25, -0.2) is 8.78 Å². The summed E-state index contributed by atoms with van der Waals surface area (Å²) in [6.45, 7) is 3.52. The maximum absolute atomic E-state index is 14.1. The number of carbonyl (C=O) groups excluding carboxylic acids is 1. The van der Waals surface area contributed by atoms with E-state index in [9.17, 15) is 26.7 Å². The minimum absolute atomic E-state index is 0.00737. The highest BCUT2D eigenvalue weighted by molar-refractivity contribution is 6.09. The van der Waals surface area contributed by atoms with Crippen molar-refractivity contribution in [3.63, 3.8) is 0 Å². The molecule has 4 rings (SSSR count). The lowest BCUT2D eigenvalue weighted by atomic mass is 10.0. The molecule has 0 bridgehead atoms. The second-order valence-corrected chi connectivity index (χ2v) is 7.08. The summed E-state index contributed by atoms with van der Waals surface area (Å²) in [4.78, 5) is 18.4. The van der Waals surface area contributed by atoms with Crippen LogP contribution in [-0.2, 0) is 6.18 Å². The van der Waals surface area contributed by atoms with Crippen LogP contribution in [0.1, 0.15) is 34.7 Å². The van der Waals surface area contributed by atoms with Crippen LogP contribution < -0.4 is 4.90 Å². The monoisotopic (exact) mass is 422 g/mol. The number of benzene rings is 1. The standard InChI is InChI=1S/C20H15F5N4O/c1-10-5-12(3-4-26-10)14-8-27-29-11(2)9-28(19(30)18(14)29)13-6-15(21)17(16(22)7-13)20(23,24)25/h3-8,11H,9H2,1-2H3/t11-/m0/s1. The molecule has 1 amide bonds. The van der Waals surface area contributed by atoms with Gasteiger partial charge in [-0.15, -0.1) is 0 Å². The van der Waals surface area contributed by atoms with Gasteiger partial charge in [-0.1, -0.05) is 0 Å². The van der Waals surface area contributed by atoms with Crippen LogP contribution in [0.3, 0.4) is 0 Å². The number of pyridine rings is 1. The van der Waals surface area contributed by atoms with Gasteiger partial charge in [0.25, 0.3) is 5.91 Å². The molecular formula is C20H15F5N4O. The third-order valence-corrected chi connectivity index (χ3v) is 4.94. The molecule has 5 nitrogen and oxygen atoms in total. The van der Waals surface area contributed by atoms with Crippen LogP contribution >= 0.6 is 0 Å². The predicted molar refractivity (Wildman–Crippen MR) is 97.9 cm³/mol. The summed E-state index contributed by atoms with van der Waals surface area (Å²) in [7, 11) is 0. The number of hydrogen-bond acceptors (Lipinski definition) is 3. The Hall–Kier alpha value is -3.30. The van der Waals surface area contributed by atoms with Gasteiger partial charge in [0.15, 0.2) is 0 Å². The zero-order chi connectivity index (χ0) is 21.8. The molecular weight excluding hydrogens is 407 g/mol. The fraction of sp³-hybridized carbons (Fsp3) is 0.250. The normalized spacial score (nSPS) is 16.7. The Morgan fingerprint density at radius 1 is 1.13 bits per heavy atom. The molecule has 0 spiro atoms. The van der Waals surface area contributed by atoms with Gasteiger partial charge >= 0.3 is 6.18 Å². The average Bonchev–Trinajstić information content (AvgIpc) is 3.09. The van der Waals surface area contributed by atoms with Crippen molar-refractivity contribution < 1.29 is 26.7 Å². The number of aryl methyl sites for hydroxylation is 1. The first kappa shape index (κ1) is 20.0. The van der Waals surface area contributed by atoms with E-state index in [-0.39, 0.29) is 24.0 Å². The maximum atomic E-state index is 14.1. The number of rotatable bonds is 2. The maximum Gasteiger partial charge on any atom is 0.422 e. The molecule has 1 aliphatic heterocycles. The number of carbonyl (C=O) groups is 1. The van der Waals surface area contributed by atoms with E-state index in [2.05, 4.69) is 10.1 Å². The second kappa shape index (κ2) is 6.89. The molecule has 0 saturated heterocycles. The van der Waals surface area contributed by atoms with Crippen LogP contribution in [0.4, 0.5) is 27.6 Å². The lowest BCUT2D eigenvalue weighted by molar-refractivity contribution is -0.142. The summed E-state index contributed by atoms with van der Waals surface area (Å²) in [6.07, 6.45) is -2.10. The number of amides is 1. The van der Waals surface area contributed by atoms with Gasteiger partial charge in [-0.05, 0) is 43.7 Å². The molecule has 1 aliphatic rings. The molecule has 0 fully saturated rings. The smallest absolute Gasteiger partial charge is 0.305 e. The minimum Gasteiger partial charge on any atom is -0.305 e. The molecule has 0 radical (unpaired) electrons. The third-order valence-electron chi connectivity index (χ3n) is 4.94. The minimum atomic E-state index is -5.18. The lowest BCUT2D eigenvalue weighted by Gasteiger charge is -2.32. The summed E-state index contributed by atoms with van der Waals surface area (Å²) < 4.78 is 68.3.